The third-order valence-corrected chi connectivity index (χ3v) is 2.71. The molecule has 1 N–H and O–H groups in total. The first-order valence-corrected chi connectivity index (χ1v) is 5.86. The molecule has 0 saturated heterocycles. The van der Waals surface area contributed by atoms with E-state index in [1.807, 2.05) is 30.3 Å². The topological polar surface area (TPSA) is 38.3 Å². The summed E-state index contributed by atoms with van der Waals surface area (Å²) in [6.07, 6.45) is 0. The maximum Gasteiger partial charge on any atom is 0.251 e. The Morgan fingerprint density at radius 1 is 1.21 bits per heavy atom. The van der Waals surface area contributed by atoms with Gasteiger partial charge in [-0.15, -0.1) is 0 Å². The molecule has 0 aliphatic rings. The van der Waals surface area contributed by atoms with Gasteiger partial charge in [0.15, 0.2) is 11.6 Å². The Hall–Kier alpha value is -2.36. The van der Waals surface area contributed by atoms with Gasteiger partial charge in [0.2, 0.25) is 0 Å². The fourth-order valence-electron chi connectivity index (χ4n) is 1.68. The van der Waals surface area contributed by atoms with Crippen LogP contribution in [0.2, 0.25) is 0 Å². The van der Waals surface area contributed by atoms with E-state index in [0.29, 0.717) is 12.1 Å². The Labute approximate surface area is 111 Å². The summed E-state index contributed by atoms with van der Waals surface area (Å²) in [4.78, 5) is 11.9. The predicted molar refractivity (Wildman–Crippen MR) is 70.6 cm³/mol. The van der Waals surface area contributed by atoms with Crippen molar-refractivity contribution in [3.05, 3.63) is 65.5 Å². The molecule has 98 valence electrons. The van der Waals surface area contributed by atoms with Crippen LogP contribution in [0.5, 0.6) is 5.75 Å². The van der Waals surface area contributed by atoms with E-state index in [2.05, 4.69) is 5.32 Å². The van der Waals surface area contributed by atoms with E-state index < -0.39 is 5.82 Å². The van der Waals surface area contributed by atoms with Gasteiger partial charge in [-0.3, -0.25) is 4.79 Å². The van der Waals surface area contributed by atoms with E-state index >= 15 is 0 Å². The van der Waals surface area contributed by atoms with Gasteiger partial charge in [-0.2, -0.15) is 0 Å². The van der Waals surface area contributed by atoms with Crippen molar-refractivity contribution in [2.45, 2.75) is 6.54 Å². The Balaban J connectivity index is 2.04. The second-order valence-electron chi connectivity index (χ2n) is 4.02. The number of benzene rings is 2. The van der Waals surface area contributed by atoms with Gasteiger partial charge in [-0.1, -0.05) is 30.3 Å². The van der Waals surface area contributed by atoms with Gasteiger partial charge in [0.05, 0.1) is 7.11 Å². The van der Waals surface area contributed by atoms with Crippen LogP contribution in [0.3, 0.4) is 0 Å². The summed E-state index contributed by atoms with van der Waals surface area (Å²) in [5, 5.41) is 2.77. The molecule has 19 heavy (non-hydrogen) atoms. The summed E-state index contributed by atoms with van der Waals surface area (Å²) in [6.45, 7) is 0.430. The molecule has 0 bridgehead atoms. The quantitative estimate of drug-likeness (QED) is 0.916. The molecule has 0 aromatic heterocycles. The molecule has 2 aromatic carbocycles. The summed E-state index contributed by atoms with van der Waals surface area (Å²) in [6, 6.07) is 13.6. The van der Waals surface area contributed by atoms with Crippen LogP contribution in [-0.2, 0) is 6.54 Å². The lowest BCUT2D eigenvalue weighted by atomic mass is 10.2. The zero-order valence-corrected chi connectivity index (χ0v) is 10.5. The van der Waals surface area contributed by atoms with Crippen molar-refractivity contribution in [1.29, 1.82) is 0 Å². The summed E-state index contributed by atoms with van der Waals surface area (Å²) in [5.74, 6) is -0.684. The number of carbonyl (C=O) groups excluding carboxylic acids is 1. The number of nitrogens with one attached hydrogen (secondary N) is 1. The van der Waals surface area contributed by atoms with Crippen molar-refractivity contribution in [1.82, 2.24) is 5.32 Å². The number of ether oxygens (including phenoxy) is 1. The number of methoxy groups -OCH3 is 1. The maximum absolute atomic E-state index is 13.2. The van der Waals surface area contributed by atoms with Crippen LogP contribution in [0.1, 0.15) is 15.9 Å². The molecule has 2 aromatic rings. The Morgan fingerprint density at radius 3 is 2.63 bits per heavy atom. The molecule has 0 aliphatic heterocycles. The average Bonchev–Trinajstić information content (AvgIpc) is 2.46. The predicted octanol–water partition coefficient (Wildman–Crippen LogP) is 2.76. The first kappa shape index (κ1) is 13.1. The normalized spacial score (nSPS) is 10.0. The van der Waals surface area contributed by atoms with E-state index in [1.165, 1.54) is 25.3 Å². The summed E-state index contributed by atoms with van der Waals surface area (Å²) in [5.41, 5.74) is 1.37. The third kappa shape index (κ3) is 3.31. The SMILES string of the molecule is COc1cc(C(=O)NCc2ccccc2)ccc1F. The fourth-order valence-corrected chi connectivity index (χ4v) is 1.68. The van der Waals surface area contributed by atoms with Gasteiger partial charge in [-0.05, 0) is 23.8 Å². The first-order valence-electron chi connectivity index (χ1n) is 5.86. The minimum atomic E-state index is -0.484. The zero-order chi connectivity index (χ0) is 13.7. The largest absolute Gasteiger partial charge is 0.494 e. The molecule has 0 unspecified atom stereocenters. The molecule has 0 fully saturated rings. The molecule has 0 radical (unpaired) electrons. The van der Waals surface area contributed by atoms with Gasteiger partial charge in [0, 0.05) is 12.1 Å². The molecule has 2 rings (SSSR count). The van der Waals surface area contributed by atoms with E-state index in [9.17, 15) is 9.18 Å². The maximum atomic E-state index is 13.2. The van der Waals surface area contributed by atoms with Crippen molar-refractivity contribution < 1.29 is 13.9 Å². The van der Waals surface area contributed by atoms with Gasteiger partial charge >= 0.3 is 0 Å². The van der Waals surface area contributed by atoms with Crippen molar-refractivity contribution in [3.8, 4) is 5.75 Å². The lowest BCUT2D eigenvalue weighted by molar-refractivity contribution is 0.0950. The van der Waals surface area contributed by atoms with E-state index in [0.717, 1.165) is 5.56 Å². The van der Waals surface area contributed by atoms with Crippen molar-refractivity contribution in [3.63, 3.8) is 0 Å². The summed E-state index contributed by atoms with van der Waals surface area (Å²) in [7, 11) is 1.37. The van der Waals surface area contributed by atoms with Gasteiger partial charge in [-0.25, -0.2) is 4.39 Å². The van der Waals surface area contributed by atoms with Crippen molar-refractivity contribution in [2.75, 3.05) is 7.11 Å². The number of rotatable bonds is 4. The molecule has 1 amide bonds. The average molecular weight is 259 g/mol. The van der Waals surface area contributed by atoms with Gasteiger partial charge in [0.1, 0.15) is 0 Å². The van der Waals surface area contributed by atoms with E-state index in [-0.39, 0.29) is 11.7 Å². The molecule has 0 saturated carbocycles. The van der Waals surface area contributed by atoms with Gasteiger partial charge in [0.25, 0.3) is 5.91 Å². The molecular weight excluding hydrogens is 245 g/mol. The third-order valence-electron chi connectivity index (χ3n) is 2.71. The molecule has 0 atom stereocenters. The first-order chi connectivity index (χ1) is 9.20. The molecule has 4 heteroatoms. The molecule has 0 aliphatic carbocycles. The fraction of sp³-hybridized carbons (Fsp3) is 0.133. The van der Waals surface area contributed by atoms with E-state index in [1.54, 1.807) is 0 Å². The lowest BCUT2D eigenvalue weighted by Gasteiger charge is -2.07. The second kappa shape index (κ2) is 6.00. The highest BCUT2D eigenvalue weighted by Gasteiger charge is 2.09. The van der Waals surface area contributed by atoms with Crippen LogP contribution < -0.4 is 10.1 Å². The highest BCUT2D eigenvalue weighted by Crippen LogP contribution is 2.18. The molecule has 3 nitrogen and oxygen atoms in total. The summed E-state index contributed by atoms with van der Waals surface area (Å²) < 4.78 is 18.1. The standard InChI is InChI=1S/C15H14FNO2/c1-19-14-9-12(7-8-13(14)16)15(18)17-10-11-5-3-2-4-6-11/h2-9H,10H2,1H3,(H,17,18). The van der Waals surface area contributed by atoms with Crippen LogP contribution in [0, 0.1) is 5.82 Å². The minimum absolute atomic E-state index is 0.0624. The highest BCUT2D eigenvalue weighted by molar-refractivity contribution is 5.94. The Kier molecular flexibility index (Phi) is 4.13. The number of amides is 1. The zero-order valence-electron chi connectivity index (χ0n) is 10.5. The Bertz CT molecular complexity index is 570. The smallest absolute Gasteiger partial charge is 0.251 e. The van der Waals surface area contributed by atoms with Crippen LogP contribution in [0.25, 0.3) is 0 Å². The number of hydrogen-bond acceptors (Lipinski definition) is 2. The monoisotopic (exact) mass is 259 g/mol. The molecule has 0 heterocycles. The summed E-state index contributed by atoms with van der Waals surface area (Å²) >= 11 is 0. The van der Waals surface area contributed by atoms with Crippen LogP contribution in [-0.4, -0.2) is 13.0 Å². The van der Waals surface area contributed by atoms with Crippen LogP contribution in [0.15, 0.2) is 48.5 Å². The van der Waals surface area contributed by atoms with Crippen molar-refractivity contribution in [2.24, 2.45) is 0 Å². The second-order valence-corrected chi connectivity index (χ2v) is 4.02. The number of carbonyl (C=O) groups is 1. The highest BCUT2D eigenvalue weighted by atomic mass is 19.1. The van der Waals surface area contributed by atoms with Crippen molar-refractivity contribution >= 4 is 5.91 Å². The number of halogens is 1. The molecule has 0 spiro atoms. The minimum Gasteiger partial charge on any atom is -0.494 e. The van der Waals surface area contributed by atoms with E-state index in [4.69, 9.17) is 4.74 Å². The lowest BCUT2D eigenvalue weighted by Crippen LogP contribution is -2.22. The van der Waals surface area contributed by atoms with Crippen LogP contribution in [0.4, 0.5) is 4.39 Å². The number of hydrogen-bond donors (Lipinski definition) is 1. The van der Waals surface area contributed by atoms with Crippen LogP contribution >= 0.6 is 0 Å². The van der Waals surface area contributed by atoms with Gasteiger partial charge < -0.3 is 10.1 Å². The molecular formula is C15H14FNO2. The Morgan fingerprint density at radius 2 is 1.95 bits per heavy atom.